The molecule has 1 aromatic heterocycles. The lowest BCUT2D eigenvalue weighted by atomic mass is 10.1. The van der Waals surface area contributed by atoms with Crippen LogP contribution in [0.3, 0.4) is 0 Å². The molecule has 0 bridgehead atoms. The highest BCUT2D eigenvalue weighted by Crippen LogP contribution is 2.25. The van der Waals surface area contributed by atoms with E-state index in [0.29, 0.717) is 17.0 Å². The highest BCUT2D eigenvalue weighted by molar-refractivity contribution is 6.31. The Morgan fingerprint density at radius 2 is 2.20 bits per heavy atom. The van der Waals surface area contributed by atoms with Crippen molar-refractivity contribution in [3.05, 3.63) is 34.7 Å². The molecule has 4 heteroatoms. The van der Waals surface area contributed by atoms with Crippen molar-refractivity contribution in [2.45, 2.75) is 12.8 Å². The second kappa shape index (κ2) is 4.21. The van der Waals surface area contributed by atoms with Gasteiger partial charge in [0.2, 0.25) is 0 Å². The molecule has 0 fully saturated rings. The van der Waals surface area contributed by atoms with Gasteiger partial charge in [0.1, 0.15) is 5.82 Å². The molecule has 0 aliphatic rings. The molecule has 2 aromatic rings. The zero-order valence-corrected chi connectivity index (χ0v) is 8.81. The molecule has 0 saturated heterocycles. The third-order valence-corrected chi connectivity index (χ3v) is 2.61. The second-order valence-electron chi connectivity index (χ2n) is 3.45. The van der Waals surface area contributed by atoms with Gasteiger partial charge in [-0.15, -0.1) is 0 Å². The summed E-state index contributed by atoms with van der Waals surface area (Å²) in [6.45, 7) is 0.135. The number of hydrogen-bond donors (Lipinski definition) is 2. The molecular weight excluding hydrogens is 217 g/mol. The molecule has 0 amide bonds. The van der Waals surface area contributed by atoms with Crippen LogP contribution in [-0.2, 0) is 6.42 Å². The topological polar surface area (TPSA) is 36.0 Å². The highest BCUT2D eigenvalue weighted by atomic mass is 35.5. The van der Waals surface area contributed by atoms with Gasteiger partial charge in [-0.2, -0.15) is 0 Å². The normalized spacial score (nSPS) is 11.1. The number of aliphatic hydroxyl groups is 1. The molecule has 15 heavy (non-hydrogen) atoms. The van der Waals surface area contributed by atoms with E-state index in [1.807, 2.05) is 0 Å². The summed E-state index contributed by atoms with van der Waals surface area (Å²) in [5, 5.41) is 9.93. The first-order chi connectivity index (χ1) is 7.22. The quantitative estimate of drug-likeness (QED) is 0.831. The highest BCUT2D eigenvalue weighted by Gasteiger charge is 2.08. The third kappa shape index (κ3) is 1.98. The largest absolute Gasteiger partial charge is 0.396 e. The maximum absolute atomic E-state index is 13.4. The van der Waals surface area contributed by atoms with Gasteiger partial charge in [-0.3, -0.25) is 0 Å². The lowest BCUT2D eigenvalue weighted by molar-refractivity contribution is 0.289. The van der Waals surface area contributed by atoms with E-state index < -0.39 is 0 Å². The van der Waals surface area contributed by atoms with Crippen LogP contribution in [0.2, 0.25) is 5.02 Å². The number of aliphatic hydroxyl groups excluding tert-OH is 1. The maximum Gasteiger partial charge on any atom is 0.148 e. The summed E-state index contributed by atoms with van der Waals surface area (Å²) in [7, 11) is 0. The zero-order chi connectivity index (χ0) is 10.8. The van der Waals surface area contributed by atoms with Crippen molar-refractivity contribution in [2.75, 3.05) is 6.61 Å². The fourth-order valence-electron chi connectivity index (χ4n) is 1.69. The Balaban J connectivity index is 2.49. The standard InChI is InChI=1S/C11H11ClFNO/c12-8-4-9-7(2-1-3-15)6-14-11(9)10(13)5-8/h4-6,14-15H,1-3H2. The van der Waals surface area contributed by atoms with E-state index in [0.717, 1.165) is 17.4 Å². The predicted molar refractivity (Wildman–Crippen MR) is 58.7 cm³/mol. The molecule has 0 aliphatic heterocycles. The van der Waals surface area contributed by atoms with Gasteiger partial charge in [-0.1, -0.05) is 11.6 Å². The number of halogens is 2. The van der Waals surface area contributed by atoms with E-state index in [2.05, 4.69) is 4.98 Å². The molecule has 0 aliphatic carbocycles. The van der Waals surface area contributed by atoms with Crippen LogP contribution in [0.1, 0.15) is 12.0 Å². The Kier molecular flexibility index (Phi) is 2.93. The molecule has 1 heterocycles. The van der Waals surface area contributed by atoms with Crippen LogP contribution in [0.4, 0.5) is 4.39 Å². The lowest BCUT2D eigenvalue weighted by Crippen LogP contribution is -1.88. The summed E-state index contributed by atoms with van der Waals surface area (Å²) in [6.07, 6.45) is 3.15. The first kappa shape index (κ1) is 10.5. The van der Waals surface area contributed by atoms with Gasteiger partial charge >= 0.3 is 0 Å². The Morgan fingerprint density at radius 1 is 1.40 bits per heavy atom. The van der Waals surface area contributed by atoms with Gasteiger partial charge in [0.25, 0.3) is 0 Å². The molecule has 0 spiro atoms. The molecular formula is C11H11ClFNO. The van der Waals surface area contributed by atoms with Gasteiger partial charge in [0.05, 0.1) is 5.52 Å². The van der Waals surface area contributed by atoms with Crippen molar-refractivity contribution in [3.63, 3.8) is 0 Å². The zero-order valence-electron chi connectivity index (χ0n) is 8.06. The van der Waals surface area contributed by atoms with Crippen LogP contribution in [0.15, 0.2) is 18.3 Å². The second-order valence-corrected chi connectivity index (χ2v) is 3.89. The summed E-state index contributed by atoms with van der Waals surface area (Å²) in [6, 6.07) is 3.03. The van der Waals surface area contributed by atoms with Crippen LogP contribution in [0, 0.1) is 5.82 Å². The molecule has 0 atom stereocenters. The molecule has 1 aromatic carbocycles. The van der Waals surface area contributed by atoms with Crippen LogP contribution >= 0.6 is 11.6 Å². The molecule has 0 unspecified atom stereocenters. The van der Waals surface area contributed by atoms with Gasteiger partial charge < -0.3 is 10.1 Å². The minimum Gasteiger partial charge on any atom is -0.396 e. The molecule has 0 radical (unpaired) electrons. The number of aromatic amines is 1. The van der Waals surface area contributed by atoms with Crippen LogP contribution in [0.5, 0.6) is 0 Å². The van der Waals surface area contributed by atoms with Gasteiger partial charge in [0, 0.05) is 23.2 Å². The molecule has 2 nitrogen and oxygen atoms in total. The minimum absolute atomic E-state index is 0.135. The Labute approximate surface area is 91.7 Å². The number of fused-ring (bicyclic) bond motifs is 1. The summed E-state index contributed by atoms with van der Waals surface area (Å²) in [5.74, 6) is -0.340. The van der Waals surface area contributed by atoms with Crippen molar-refractivity contribution >= 4 is 22.5 Å². The number of rotatable bonds is 3. The fraction of sp³-hybridized carbons (Fsp3) is 0.273. The molecule has 2 N–H and O–H groups in total. The predicted octanol–water partition coefficient (Wildman–Crippen LogP) is 2.89. The van der Waals surface area contributed by atoms with Crippen molar-refractivity contribution < 1.29 is 9.50 Å². The molecule has 0 saturated carbocycles. The average molecular weight is 228 g/mol. The van der Waals surface area contributed by atoms with E-state index in [-0.39, 0.29) is 12.4 Å². The fourth-order valence-corrected chi connectivity index (χ4v) is 1.89. The monoisotopic (exact) mass is 227 g/mol. The molecule has 80 valence electrons. The Morgan fingerprint density at radius 3 is 2.93 bits per heavy atom. The number of nitrogens with one attached hydrogen (secondary N) is 1. The van der Waals surface area contributed by atoms with Crippen molar-refractivity contribution in [1.82, 2.24) is 4.98 Å². The van der Waals surface area contributed by atoms with Crippen molar-refractivity contribution in [3.8, 4) is 0 Å². The number of aryl methyl sites for hydroxylation is 1. The Bertz CT molecular complexity index is 481. The maximum atomic E-state index is 13.4. The van der Waals surface area contributed by atoms with Crippen LogP contribution in [-0.4, -0.2) is 16.7 Å². The third-order valence-electron chi connectivity index (χ3n) is 2.40. The van der Waals surface area contributed by atoms with Crippen molar-refractivity contribution in [1.29, 1.82) is 0 Å². The number of hydrogen-bond acceptors (Lipinski definition) is 1. The SMILES string of the molecule is OCCCc1c[nH]c2c(F)cc(Cl)cc12. The lowest BCUT2D eigenvalue weighted by Gasteiger charge is -1.98. The van der Waals surface area contributed by atoms with Crippen molar-refractivity contribution in [2.24, 2.45) is 0 Å². The summed E-state index contributed by atoms with van der Waals surface area (Å²) in [4.78, 5) is 2.88. The number of benzene rings is 1. The van der Waals surface area contributed by atoms with Gasteiger partial charge in [-0.05, 0) is 30.5 Å². The number of aromatic nitrogens is 1. The number of H-pyrrole nitrogens is 1. The minimum atomic E-state index is -0.340. The van der Waals surface area contributed by atoms with Gasteiger partial charge in [-0.25, -0.2) is 4.39 Å². The molecule has 2 rings (SSSR count). The summed E-state index contributed by atoms with van der Waals surface area (Å²) < 4.78 is 13.4. The van der Waals surface area contributed by atoms with Gasteiger partial charge in [0.15, 0.2) is 0 Å². The first-order valence-corrected chi connectivity index (χ1v) is 5.16. The van der Waals surface area contributed by atoms with E-state index in [9.17, 15) is 4.39 Å². The van der Waals surface area contributed by atoms with E-state index >= 15 is 0 Å². The van der Waals surface area contributed by atoms with E-state index in [1.54, 1.807) is 12.3 Å². The summed E-state index contributed by atoms with van der Waals surface area (Å²) in [5.41, 5.74) is 1.47. The average Bonchev–Trinajstić information content (AvgIpc) is 2.58. The van der Waals surface area contributed by atoms with E-state index in [4.69, 9.17) is 16.7 Å². The van der Waals surface area contributed by atoms with Crippen LogP contribution < -0.4 is 0 Å². The first-order valence-electron chi connectivity index (χ1n) is 4.78. The van der Waals surface area contributed by atoms with Crippen LogP contribution in [0.25, 0.3) is 10.9 Å². The summed E-state index contributed by atoms with van der Waals surface area (Å²) >= 11 is 5.78. The Hall–Kier alpha value is -1.06. The smallest absolute Gasteiger partial charge is 0.148 e. The van der Waals surface area contributed by atoms with E-state index in [1.165, 1.54) is 6.07 Å².